The monoisotopic (exact) mass is 430 g/mol. The Labute approximate surface area is 156 Å². The Morgan fingerprint density at radius 3 is 2.61 bits per heavy atom. The van der Waals surface area contributed by atoms with Gasteiger partial charge in [0.15, 0.2) is 5.96 Å². The van der Waals surface area contributed by atoms with E-state index in [1.54, 1.807) is 0 Å². The van der Waals surface area contributed by atoms with E-state index in [1.165, 1.54) is 5.69 Å². The second kappa shape index (κ2) is 11.3. The van der Waals surface area contributed by atoms with Crippen LogP contribution in [0.4, 0.5) is 5.69 Å². The van der Waals surface area contributed by atoms with E-state index in [9.17, 15) is 0 Å². The molecule has 128 valence electrons. The first-order valence-corrected chi connectivity index (χ1v) is 7.90. The van der Waals surface area contributed by atoms with E-state index in [-0.39, 0.29) is 24.0 Å². The maximum Gasteiger partial charge on any atom is 0.188 e. The van der Waals surface area contributed by atoms with Gasteiger partial charge in [-0.2, -0.15) is 0 Å². The molecule has 0 aliphatic carbocycles. The van der Waals surface area contributed by atoms with Gasteiger partial charge in [0.05, 0.1) is 6.54 Å². The topological polar surface area (TPSA) is 62.9 Å². The molecule has 3 N–H and O–H groups in total. The number of hydrogen-bond acceptors (Lipinski definition) is 3. The second-order valence-corrected chi connectivity index (χ2v) is 5.22. The number of nitrogens with one attached hydrogen (secondary N) is 1. The van der Waals surface area contributed by atoms with E-state index in [0.29, 0.717) is 12.5 Å². The van der Waals surface area contributed by atoms with Gasteiger partial charge in [-0.05, 0) is 31.0 Å². The summed E-state index contributed by atoms with van der Waals surface area (Å²) in [6.07, 6.45) is 5.31. The van der Waals surface area contributed by atoms with E-state index >= 15 is 0 Å². The lowest BCUT2D eigenvalue weighted by molar-refractivity contribution is 0.145. The number of benzene rings is 1. The molecule has 0 unspecified atom stereocenters. The highest BCUT2D eigenvalue weighted by Crippen LogP contribution is 2.17. The quantitative estimate of drug-likeness (QED) is 0.219. The van der Waals surface area contributed by atoms with Gasteiger partial charge < -0.3 is 20.7 Å². The molecule has 23 heavy (non-hydrogen) atoms. The molecule has 0 saturated carbocycles. The number of rotatable bonds is 8. The average molecular weight is 430 g/mol. The Bertz CT molecular complexity index is 494. The summed E-state index contributed by atoms with van der Waals surface area (Å²) in [6, 6.07) is 8.51. The Balaban J connectivity index is 0.00000264. The number of aliphatic imine (C=N–C) groups is 1. The molecule has 6 heteroatoms. The van der Waals surface area contributed by atoms with Crippen molar-refractivity contribution in [2.24, 2.45) is 10.7 Å². The maximum atomic E-state index is 5.85. The fraction of sp³-hybridized carbons (Fsp3) is 0.471. The number of ether oxygens (including phenoxy) is 1. The summed E-state index contributed by atoms with van der Waals surface area (Å²) in [5, 5.41) is 3.10. The molecule has 0 amide bonds. The van der Waals surface area contributed by atoms with Crippen LogP contribution in [0.1, 0.15) is 18.9 Å². The lowest BCUT2D eigenvalue weighted by atomic mass is 10.2. The third kappa shape index (κ3) is 7.22. The van der Waals surface area contributed by atoms with Crippen LogP contribution in [-0.4, -0.2) is 38.8 Å². The molecule has 0 atom stereocenters. The highest BCUT2D eigenvalue weighted by Gasteiger charge is 2.06. The van der Waals surface area contributed by atoms with Crippen LogP contribution in [0.15, 0.2) is 41.4 Å². The summed E-state index contributed by atoms with van der Waals surface area (Å²) in [7, 11) is 0. The van der Waals surface area contributed by atoms with Gasteiger partial charge in [-0.25, -0.2) is 4.99 Å². The van der Waals surface area contributed by atoms with Gasteiger partial charge in [0.25, 0.3) is 0 Å². The average Bonchev–Trinajstić information content (AvgIpc) is 3.08. The number of nitrogens with zero attached hydrogens (tertiary/aromatic N) is 2. The van der Waals surface area contributed by atoms with Gasteiger partial charge in [0, 0.05) is 38.5 Å². The molecular formula is C17H27IN4O. The van der Waals surface area contributed by atoms with Gasteiger partial charge in [-0.15, -0.1) is 24.0 Å². The molecule has 0 radical (unpaired) electrons. The first-order valence-electron chi connectivity index (χ1n) is 7.90. The highest BCUT2D eigenvalue weighted by molar-refractivity contribution is 14.0. The van der Waals surface area contributed by atoms with Gasteiger partial charge in [-0.3, -0.25) is 0 Å². The van der Waals surface area contributed by atoms with Crippen molar-refractivity contribution >= 4 is 35.6 Å². The Kier molecular flexibility index (Phi) is 9.70. The second-order valence-electron chi connectivity index (χ2n) is 5.22. The summed E-state index contributed by atoms with van der Waals surface area (Å²) >= 11 is 0. The minimum absolute atomic E-state index is 0. The fourth-order valence-electron chi connectivity index (χ4n) is 2.27. The highest BCUT2D eigenvalue weighted by atomic mass is 127. The summed E-state index contributed by atoms with van der Waals surface area (Å²) in [4.78, 5) is 6.68. The molecule has 0 bridgehead atoms. The van der Waals surface area contributed by atoms with Gasteiger partial charge >= 0.3 is 0 Å². The van der Waals surface area contributed by atoms with Crippen LogP contribution in [0.5, 0.6) is 0 Å². The van der Waals surface area contributed by atoms with Crippen molar-refractivity contribution in [3.05, 3.63) is 42.0 Å². The summed E-state index contributed by atoms with van der Waals surface area (Å²) in [5.74, 6) is 0.490. The third-order valence-corrected chi connectivity index (χ3v) is 3.53. The first kappa shape index (κ1) is 19.8. The van der Waals surface area contributed by atoms with Crippen molar-refractivity contribution in [2.45, 2.75) is 19.9 Å². The zero-order valence-corrected chi connectivity index (χ0v) is 16.0. The zero-order chi connectivity index (χ0) is 15.6. The van der Waals surface area contributed by atoms with Crippen LogP contribution in [0, 0.1) is 0 Å². The van der Waals surface area contributed by atoms with Crippen molar-refractivity contribution in [3.8, 4) is 0 Å². The molecule has 0 saturated heterocycles. The molecule has 2 rings (SSSR count). The molecule has 5 nitrogen and oxygen atoms in total. The van der Waals surface area contributed by atoms with Crippen LogP contribution >= 0.6 is 24.0 Å². The smallest absolute Gasteiger partial charge is 0.188 e. The minimum Gasteiger partial charge on any atom is -0.382 e. The predicted molar refractivity (Wildman–Crippen MR) is 108 cm³/mol. The molecule has 0 fully saturated rings. The summed E-state index contributed by atoms with van der Waals surface area (Å²) in [5.41, 5.74) is 8.26. The SMILES string of the molecule is CCOCCCNC(N)=NCc1ccc(N2CC=CC2)cc1.I. The standard InChI is InChI=1S/C17H26N4O.HI/c1-2-22-13-5-10-19-17(18)20-14-15-6-8-16(9-7-15)21-11-3-4-12-21;/h3-4,6-9H,2,5,10-14H2,1H3,(H3,18,19,20);1H. The molecule has 1 aromatic rings. The predicted octanol–water partition coefficient (Wildman–Crippen LogP) is 2.51. The van der Waals surface area contributed by atoms with Crippen LogP contribution in [0.2, 0.25) is 0 Å². The Morgan fingerprint density at radius 1 is 1.26 bits per heavy atom. The van der Waals surface area contributed by atoms with E-state index in [4.69, 9.17) is 10.5 Å². The molecule has 1 aliphatic rings. The normalized spacial score (nSPS) is 14.0. The van der Waals surface area contributed by atoms with Crippen molar-refractivity contribution in [2.75, 3.05) is 37.7 Å². The van der Waals surface area contributed by atoms with Crippen molar-refractivity contribution in [1.82, 2.24) is 5.32 Å². The van der Waals surface area contributed by atoms with Crippen molar-refractivity contribution in [3.63, 3.8) is 0 Å². The van der Waals surface area contributed by atoms with E-state index in [0.717, 1.165) is 44.8 Å². The fourth-order valence-corrected chi connectivity index (χ4v) is 2.27. The van der Waals surface area contributed by atoms with Gasteiger partial charge in [-0.1, -0.05) is 24.3 Å². The van der Waals surface area contributed by atoms with Crippen LogP contribution in [-0.2, 0) is 11.3 Å². The number of hydrogen-bond donors (Lipinski definition) is 2. The molecule has 1 aromatic carbocycles. The molecule has 1 aliphatic heterocycles. The molecule has 1 heterocycles. The summed E-state index contributed by atoms with van der Waals surface area (Å²) < 4.78 is 5.27. The number of anilines is 1. The number of nitrogens with two attached hydrogens (primary N) is 1. The van der Waals surface area contributed by atoms with Crippen molar-refractivity contribution < 1.29 is 4.74 Å². The Morgan fingerprint density at radius 2 is 1.96 bits per heavy atom. The lowest BCUT2D eigenvalue weighted by Crippen LogP contribution is -2.32. The van der Waals surface area contributed by atoms with Crippen molar-refractivity contribution in [1.29, 1.82) is 0 Å². The third-order valence-electron chi connectivity index (χ3n) is 3.53. The lowest BCUT2D eigenvalue weighted by Gasteiger charge is -2.17. The molecule has 0 aromatic heterocycles. The van der Waals surface area contributed by atoms with E-state index < -0.39 is 0 Å². The Hall–Kier alpha value is -1.28. The van der Waals surface area contributed by atoms with Gasteiger partial charge in [0.2, 0.25) is 0 Å². The number of guanidine groups is 1. The minimum atomic E-state index is 0. The number of halogens is 1. The largest absolute Gasteiger partial charge is 0.382 e. The van der Waals surface area contributed by atoms with E-state index in [1.807, 2.05) is 6.92 Å². The zero-order valence-electron chi connectivity index (χ0n) is 13.7. The maximum absolute atomic E-state index is 5.85. The van der Waals surface area contributed by atoms with Gasteiger partial charge in [0.1, 0.15) is 0 Å². The molecule has 0 spiro atoms. The summed E-state index contributed by atoms with van der Waals surface area (Å²) in [6.45, 7) is 6.89. The van der Waals surface area contributed by atoms with Crippen LogP contribution < -0.4 is 16.0 Å². The molecular weight excluding hydrogens is 403 g/mol. The van der Waals surface area contributed by atoms with Crippen LogP contribution in [0.25, 0.3) is 0 Å². The van der Waals surface area contributed by atoms with E-state index in [2.05, 4.69) is 51.6 Å². The van der Waals surface area contributed by atoms with Crippen LogP contribution in [0.3, 0.4) is 0 Å². The first-order chi connectivity index (χ1) is 10.8.